The number of amides is 2. The maximum absolute atomic E-state index is 14.0. The summed E-state index contributed by atoms with van der Waals surface area (Å²) in [6.45, 7) is 10.1. The number of fused-ring (bicyclic) bond motifs is 1. The molecule has 1 saturated heterocycles. The number of carboxylic acid groups (broad SMARTS) is 1. The number of likely N-dealkylation sites (tertiary alicyclic amines) is 1. The minimum absolute atomic E-state index is 0.0476. The lowest BCUT2D eigenvalue weighted by molar-refractivity contribution is -0.194. The van der Waals surface area contributed by atoms with Gasteiger partial charge >= 0.3 is 5.97 Å². The first-order valence-electron chi connectivity index (χ1n) is 13.8. The summed E-state index contributed by atoms with van der Waals surface area (Å²) >= 11 is 0. The number of hydrogen-bond acceptors (Lipinski definition) is 4. The van der Waals surface area contributed by atoms with Crippen LogP contribution in [0.2, 0.25) is 0 Å². The number of carboxylic acids is 1. The lowest BCUT2D eigenvalue weighted by Crippen LogP contribution is -2.65. The van der Waals surface area contributed by atoms with Crippen LogP contribution >= 0.6 is 0 Å². The molecular weight excluding hydrogens is 440 g/mol. The van der Waals surface area contributed by atoms with Gasteiger partial charge in [-0.05, 0) is 95.2 Å². The van der Waals surface area contributed by atoms with Gasteiger partial charge in [-0.25, -0.2) is 0 Å². The van der Waals surface area contributed by atoms with E-state index in [0.717, 1.165) is 51.5 Å². The summed E-state index contributed by atoms with van der Waals surface area (Å²) in [5.74, 6) is -0.215. The van der Waals surface area contributed by atoms with E-state index in [1.165, 1.54) is 5.57 Å². The molecular formula is C29H44N2O4. The Morgan fingerprint density at radius 3 is 2.49 bits per heavy atom. The van der Waals surface area contributed by atoms with Crippen LogP contribution in [0.1, 0.15) is 72.6 Å². The second-order valence-corrected chi connectivity index (χ2v) is 13.5. The van der Waals surface area contributed by atoms with Crippen molar-refractivity contribution in [3.63, 3.8) is 0 Å². The largest absolute Gasteiger partial charge is 0.481 e. The maximum atomic E-state index is 14.0. The van der Waals surface area contributed by atoms with Gasteiger partial charge in [-0.2, -0.15) is 0 Å². The van der Waals surface area contributed by atoms with Crippen molar-refractivity contribution in [3.8, 4) is 0 Å². The third-order valence-corrected chi connectivity index (χ3v) is 11.2. The Morgan fingerprint density at radius 1 is 1.14 bits per heavy atom. The fourth-order valence-electron chi connectivity index (χ4n) is 9.78. The van der Waals surface area contributed by atoms with Crippen LogP contribution in [0.3, 0.4) is 0 Å². The molecule has 4 fully saturated rings. The van der Waals surface area contributed by atoms with Gasteiger partial charge in [-0.1, -0.05) is 38.8 Å². The van der Waals surface area contributed by atoms with Crippen LogP contribution < -0.4 is 0 Å². The predicted molar refractivity (Wildman–Crippen MR) is 134 cm³/mol. The average molecular weight is 485 g/mol. The number of imide groups is 1. The van der Waals surface area contributed by atoms with E-state index in [1.54, 1.807) is 4.90 Å². The van der Waals surface area contributed by atoms with Gasteiger partial charge in [0.25, 0.3) is 0 Å². The van der Waals surface area contributed by atoms with Gasteiger partial charge in [0, 0.05) is 12.0 Å². The predicted octanol–water partition coefficient (Wildman–Crippen LogP) is 4.45. The van der Waals surface area contributed by atoms with Gasteiger partial charge in [-0.3, -0.25) is 19.3 Å². The fraction of sp³-hybridized carbons (Fsp3) is 0.828. The molecule has 0 radical (unpaired) electrons. The first-order valence-corrected chi connectivity index (χ1v) is 13.8. The van der Waals surface area contributed by atoms with E-state index in [-0.39, 0.29) is 52.2 Å². The van der Waals surface area contributed by atoms with Crippen molar-refractivity contribution < 1.29 is 19.5 Å². The molecule has 5 aliphatic carbocycles. The Balaban J connectivity index is 1.57. The Bertz CT molecular complexity index is 972. The van der Waals surface area contributed by atoms with Gasteiger partial charge in [0.15, 0.2) is 0 Å². The third-order valence-electron chi connectivity index (χ3n) is 11.2. The number of carbonyl (C=O) groups excluding carboxylic acids is 2. The van der Waals surface area contributed by atoms with Crippen molar-refractivity contribution >= 4 is 17.8 Å². The van der Waals surface area contributed by atoms with Crippen molar-refractivity contribution in [1.29, 1.82) is 0 Å². The molecule has 1 N–H and O–H groups in total. The highest BCUT2D eigenvalue weighted by Gasteiger charge is 2.73. The summed E-state index contributed by atoms with van der Waals surface area (Å²) in [6, 6.07) is 0. The first kappa shape index (κ1) is 25.0. The monoisotopic (exact) mass is 484 g/mol. The lowest BCUT2D eigenvalue weighted by Gasteiger charge is -2.68. The zero-order chi connectivity index (χ0) is 25.5. The second kappa shape index (κ2) is 8.16. The minimum atomic E-state index is -0.705. The van der Waals surface area contributed by atoms with Crippen LogP contribution in [0.25, 0.3) is 0 Å². The highest BCUT2D eigenvalue weighted by atomic mass is 16.4. The molecule has 6 heteroatoms. The number of nitrogens with zero attached hydrogens (tertiary/aromatic N) is 2. The number of rotatable bonds is 6. The molecule has 0 aromatic heterocycles. The quantitative estimate of drug-likeness (QED) is 0.445. The molecule has 1 heterocycles. The van der Waals surface area contributed by atoms with Gasteiger partial charge in [-0.15, -0.1) is 0 Å². The Morgan fingerprint density at radius 2 is 1.86 bits per heavy atom. The highest BCUT2D eigenvalue weighted by Crippen LogP contribution is 2.74. The molecule has 6 aliphatic rings. The van der Waals surface area contributed by atoms with E-state index in [9.17, 15) is 19.5 Å². The Hall–Kier alpha value is -1.69. The minimum Gasteiger partial charge on any atom is -0.481 e. The summed E-state index contributed by atoms with van der Waals surface area (Å²) < 4.78 is 0. The molecule has 1 spiro atoms. The summed E-state index contributed by atoms with van der Waals surface area (Å²) in [5, 5.41) is 10.3. The van der Waals surface area contributed by atoms with Crippen molar-refractivity contribution in [2.24, 2.45) is 51.8 Å². The molecule has 8 atom stereocenters. The summed E-state index contributed by atoms with van der Waals surface area (Å²) in [6.07, 6.45) is 8.53. The number of aliphatic carboxylic acids is 1. The molecule has 35 heavy (non-hydrogen) atoms. The van der Waals surface area contributed by atoms with E-state index < -0.39 is 11.4 Å². The number of allylic oxidation sites excluding steroid dienone is 2. The molecule has 2 amide bonds. The molecule has 2 bridgehead atoms. The van der Waals surface area contributed by atoms with E-state index in [0.29, 0.717) is 12.5 Å². The van der Waals surface area contributed by atoms with Crippen molar-refractivity contribution in [3.05, 3.63) is 11.6 Å². The van der Waals surface area contributed by atoms with E-state index >= 15 is 0 Å². The molecule has 194 valence electrons. The molecule has 1 aliphatic heterocycles. The smallest absolute Gasteiger partial charge is 0.309 e. The van der Waals surface area contributed by atoms with E-state index in [4.69, 9.17) is 0 Å². The molecule has 0 unspecified atom stereocenters. The third kappa shape index (κ3) is 3.27. The van der Waals surface area contributed by atoms with Gasteiger partial charge in [0.2, 0.25) is 11.8 Å². The first-order chi connectivity index (χ1) is 16.4. The molecule has 6 rings (SSSR count). The van der Waals surface area contributed by atoms with E-state index in [1.807, 2.05) is 21.0 Å². The van der Waals surface area contributed by atoms with Crippen molar-refractivity contribution in [2.75, 3.05) is 27.2 Å². The van der Waals surface area contributed by atoms with Crippen LogP contribution in [0.5, 0.6) is 0 Å². The topological polar surface area (TPSA) is 77.9 Å². The van der Waals surface area contributed by atoms with Crippen LogP contribution in [0, 0.1) is 51.8 Å². The van der Waals surface area contributed by atoms with Gasteiger partial charge < -0.3 is 10.0 Å². The van der Waals surface area contributed by atoms with Gasteiger partial charge in [0.05, 0.1) is 17.3 Å². The van der Waals surface area contributed by atoms with Crippen molar-refractivity contribution in [1.82, 2.24) is 9.80 Å². The lowest BCUT2D eigenvalue weighted by atomic mass is 9.34. The SMILES string of the molecule is CC(C)C1=C[C@@]23CC[C@H]4[C@](C)(CCC[C@@]4(C)C(=O)O)[C@@H]2C[C@@H]1[C@H]1C(=O)N(CCCN(C)C)C(=O)[C@@H]13. The Kier molecular flexibility index (Phi) is 5.82. The van der Waals surface area contributed by atoms with Crippen LogP contribution in [0.4, 0.5) is 0 Å². The van der Waals surface area contributed by atoms with Crippen LogP contribution in [-0.4, -0.2) is 59.9 Å². The fourth-order valence-corrected chi connectivity index (χ4v) is 9.78. The normalized spacial score (nSPS) is 44.4. The standard InChI is InChI=1S/C29H44N2O4/c1-17(2)19-16-29-12-9-20-27(3,10-7-11-28(20,4)26(34)35)21(29)15-18(19)22-23(29)25(33)31(24(22)32)14-8-13-30(5)6/h16-18,20-23H,7-15H2,1-6H3,(H,34,35)/t18-,20-,21-,22+,23+,27-,28+,29-/m0/s1. The van der Waals surface area contributed by atoms with Crippen LogP contribution in [0.15, 0.2) is 11.6 Å². The summed E-state index contributed by atoms with van der Waals surface area (Å²) in [4.78, 5) is 44.0. The highest BCUT2D eigenvalue weighted by molar-refractivity contribution is 6.06. The molecule has 3 saturated carbocycles. The van der Waals surface area contributed by atoms with Crippen molar-refractivity contribution in [2.45, 2.75) is 72.6 Å². The molecule has 0 aromatic carbocycles. The number of hydrogen-bond donors (Lipinski definition) is 1. The number of carbonyl (C=O) groups is 3. The second-order valence-electron chi connectivity index (χ2n) is 13.5. The summed E-state index contributed by atoms with van der Waals surface area (Å²) in [5.41, 5.74) is 0.235. The van der Waals surface area contributed by atoms with E-state index in [2.05, 4.69) is 31.7 Å². The maximum Gasteiger partial charge on any atom is 0.309 e. The zero-order valence-corrected chi connectivity index (χ0v) is 22.5. The average Bonchev–Trinajstić information content (AvgIpc) is 3.05. The molecule has 0 aromatic rings. The molecule has 6 nitrogen and oxygen atoms in total. The zero-order valence-electron chi connectivity index (χ0n) is 22.5. The Labute approximate surface area is 210 Å². The van der Waals surface area contributed by atoms with Crippen LogP contribution in [-0.2, 0) is 14.4 Å². The summed E-state index contributed by atoms with van der Waals surface area (Å²) in [7, 11) is 4.04. The van der Waals surface area contributed by atoms with Gasteiger partial charge in [0.1, 0.15) is 0 Å².